The van der Waals surface area contributed by atoms with E-state index >= 15 is 0 Å². The van der Waals surface area contributed by atoms with E-state index in [4.69, 9.17) is 27.9 Å². The van der Waals surface area contributed by atoms with Crippen LogP contribution in [0.25, 0.3) is 0 Å². The molecule has 3 rings (SSSR count). The molecule has 132 valence electrons. The Bertz CT molecular complexity index is 952. The molecule has 26 heavy (non-hydrogen) atoms. The molecule has 0 radical (unpaired) electrons. The number of nitrogens with one attached hydrogen (secondary N) is 2. The van der Waals surface area contributed by atoms with Gasteiger partial charge in [-0.05, 0) is 36.4 Å². The number of nitrogens with zero attached hydrogens (tertiary/aromatic N) is 3. The van der Waals surface area contributed by atoms with Gasteiger partial charge in [0.1, 0.15) is 0 Å². The molecule has 0 saturated carbocycles. The summed E-state index contributed by atoms with van der Waals surface area (Å²) < 4.78 is 4.70. The Labute approximate surface area is 159 Å². The third-order valence-electron chi connectivity index (χ3n) is 3.29. The molecule has 0 amide bonds. The summed E-state index contributed by atoms with van der Waals surface area (Å²) in [6, 6.07) is 11.8. The predicted molar refractivity (Wildman–Crippen MR) is 101 cm³/mol. The smallest absolute Gasteiger partial charge is 0.337 e. The maximum Gasteiger partial charge on any atom is 0.337 e. The van der Waals surface area contributed by atoms with Gasteiger partial charge < -0.3 is 15.4 Å². The second kappa shape index (κ2) is 7.99. The SMILES string of the molecule is COC(=O)c1cccc(Nc2nncc(Nc3cc(Cl)ccc3Cl)n2)c1. The van der Waals surface area contributed by atoms with E-state index in [2.05, 4.69) is 25.8 Å². The normalized spacial score (nSPS) is 10.3. The van der Waals surface area contributed by atoms with Crippen molar-refractivity contribution in [2.24, 2.45) is 0 Å². The number of rotatable bonds is 5. The van der Waals surface area contributed by atoms with E-state index < -0.39 is 5.97 Å². The Kier molecular flexibility index (Phi) is 5.50. The van der Waals surface area contributed by atoms with Gasteiger partial charge in [-0.3, -0.25) is 0 Å². The molecule has 0 atom stereocenters. The van der Waals surface area contributed by atoms with Crippen molar-refractivity contribution in [1.82, 2.24) is 15.2 Å². The molecule has 0 saturated heterocycles. The second-order valence-electron chi connectivity index (χ2n) is 5.11. The first kappa shape index (κ1) is 17.9. The Morgan fingerprint density at radius 1 is 1.12 bits per heavy atom. The Balaban J connectivity index is 1.79. The molecular weight excluding hydrogens is 377 g/mol. The molecular formula is C17H13Cl2N5O2. The number of carbonyl (C=O) groups excluding carboxylic acids is 1. The number of aromatic nitrogens is 3. The number of halogens is 2. The van der Waals surface area contributed by atoms with Crippen molar-refractivity contribution < 1.29 is 9.53 Å². The van der Waals surface area contributed by atoms with Gasteiger partial charge in [0, 0.05) is 10.7 Å². The molecule has 0 spiro atoms. The van der Waals surface area contributed by atoms with Crippen LogP contribution in [-0.4, -0.2) is 28.3 Å². The first-order valence-corrected chi connectivity index (χ1v) is 8.18. The van der Waals surface area contributed by atoms with Gasteiger partial charge in [0.15, 0.2) is 5.82 Å². The minimum absolute atomic E-state index is 0.246. The highest BCUT2D eigenvalue weighted by molar-refractivity contribution is 6.35. The molecule has 0 fully saturated rings. The zero-order valence-electron chi connectivity index (χ0n) is 13.5. The zero-order valence-corrected chi connectivity index (χ0v) is 15.0. The van der Waals surface area contributed by atoms with E-state index in [1.54, 1.807) is 42.5 Å². The number of benzene rings is 2. The number of carbonyl (C=O) groups is 1. The third-order valence-corrected chi connectivity index (χ3v) is 3.85. The van der Waals surface area contributed by atoms with Gasteiger partial charge in [-0.1, -0.05) is 29.3 Å². The van der Waals surface area contributed by atoms with Gasteiger partial charge in [0.05, 0.1) is 29.6 Å². The lowest BCUT2D eigenvalue weighted by Crippen LogP contribution is -2.04. The Hall–Kier alpha value is -2.90. The summed E-state index contributed by atoms with van der Waals surface area (Å²) >= 11 is 12.1. The maximum atomic E-state index is 11.6. The average molecular weight is 390 g/mol. The maximum absolute atomic E-state index is 11.6. The average Bonchev–Trinajstić information content (AvgIpc) is 2.64. The van der Waals surface area contributed by atoms with E-state index in [1.807, 2.05) is 0 Å². The van der Waals surface area contributed by atoms with E-state index in [-0.39, 0.29) is 5.95 Å². The third kappa shape index (κ3) is 4.38. The molecule has 2 N–H and O–H groups in total. The summed E-state index contributed by atoms with van der Waals surface area (Å²) in [5.74, 6) is 0.240. The first-order valence-electron chi connectivity index (χ1n) is 7.42. The van der Waals surface area contributed by atoms with E-state index in [0.717, 1.165) is 0 Å². The highest BCUT2D eigenvalue weighted by Gasteiger charge is 2.08. The van der Waals surface area contributed by atoms with Crippen LogP contribution in [0, 0.1) is 0 Å². The van der Waals surface area contributed by atoms with Crippen LogP contribution in [0.1, 0.15) is 10.4 Å². The standard InChI is InChI=1S/C17H13Cl2N5O2/c1-26-16(25)10-3-2-4-12(7-10)21-17-23-15(9-20-24-17)22-14-8-11(18)5-6-13(14)19/h2-9H,1H3,(H2,21,22,23,24). The second-order valence-corrected chi connectivity index (χ2v) is 5.96. The molecule has 0 aliphatic carbocycles. The lowest BCUT2D eigenvalue weighted by Gasteiger charge is -2.09. The van der Waals surface area contributed by atoms with Gasteiger partial charge >= 0.3 is 5.97 Å². The zero-order chi connectivity index (χ0) is 18.5. The molecule has 0 bridgehead atoms. The van der Waals surface area contributed by atoms with Crippen molar-refractivity contribution in [2.75, 3.05) is 17.7 Å². The van der Waals surface area contributed by atoms with Crippen molar-refractivity contribution in [2.45, 2.75) is 0 Å². The Morgan fingerprint density at radius 2 is 1.96 bits per heavy atom. The predicted octanol–water partition coefficient (Wildman–Crippen LogP) is 4.45. The molecule has 9 heteroatoms. The molecule has 3 aromatic rings. The summed E-state index contributed by atoms with van der Waals surface area (Å²) in [5, 5.41) is 14.9. The van der Waals surface area contributed by atoms with Gasteiger partial charge in [-0.2, -0.15) is 10.1 Å². The van der Waals surface area contributed by atoms with Crippen molar-refractivity contribution in [3.8, 4) is 0 Å². The molecule has 7 nitrogen and oxygen atoms in total. The van der Waals surface area contributed by atoms with E-state index in [0.29, 0.717) is 32.8 Å². The lowest BCUT2D eigenvalue weighted by atomic mass is 10.2. The lowest BCUT2D eigenvalue weighted by molar-refractivity contribution is 0.0601. The minimum atomic E-state index is -0.432. The van der Waals surface area contributed by atoms with Crippen LogP contribution >= 0.6 is 23.2 Å². The molecule has 0 aliphatic heterocycles. The van der Waals surface area contributed by atoms with Gasteiger partial charge in [0.25, 0.3) is 0 Å². The monoisotopic (exact) mass is 389 g/mol. The highest BCUT2D eigenvalue weighted by Crippen LogP contribution is 2.28. The van der Waals surface area contributed by atoms with Crippen LogP contribution in [0.3, 0.4) is 0 Å². The summed E-state index contributed by atoms with van der Waals surface area (Å²) in [7, 11) is 1.32. The molecule has 1 heterocycles. The number of hydrogen-bond acceptors (Lipinski definition) is 7. The fourth-order valence-corrected chi connectivity index (χ4v) is 2.46. The summed E-state index contributed by atoms with van der Waals surface area (Å²) in [6.45, 7) is 0. The summed E-state index contributed by atoms with van der Waals surface area (Å²) in [4.78, 5) is 15.9. The number of ether oxygens (including phenoxy) is 1. The molecule has 0 unspecified atom stereocenters. The van der Waals surface area contributed by atoms with Crippen LogP contribution in [0.4, 0.5) is 23.1 Å². The van der Waals surface area contributed by atoms with Crippen LogP contribution in [0.15, 0.2) is 48.7 Å². The van der Waals surface area contributed by atoms with Crippen LogP contribution in [-0.2, 0) is 4.74 Å². The summed E-state index contributed by atoms with van der Waals surface area (Å²) in [5.41, 5.74) is 1.62. The van der Waals surface area contributed by atoms with Crippen molar-refractivity contribution in [3.63, 3.8) is 0 Å². The van der Waals surface area contributed by atoms with E-state index in [9.17, 15) is 4.79 Å². The molecule has 0 aliphatic rings. The number of hydrogen-bond donors (Lipinski definition) is 2. The van der Waals surface area contributed by atoms with E-state index in [1.165, 1.54) is 13.3 Å². The summed E-state index contributed by atoms with van der Waals surface area (Å²) in [6.07, 6.45) is 1.45. The quantitative estimate of drug-likeness (QED) is 0.622. The van der Waals surface area contributed by atoms with Gasteiger partial charge in [-0.15, -0.1) is 5.10 Å². The molecule has 2 aromatic carbocycles. The first-order chi connectivity index (χ1) is 12.5. The highest BCUT2D eigenvalue weighted by atomic mass is 35.5. The van der Waals surface area contributed by atoms with Crippen molar-refractivity contribution >= 4 is 52.3 Å². The topological polar surface area (TPSA) is 89.0 Å². The van der Waals surface area contributed by atoms with Crippen LogP contribution in [0.2, 0.25) is 10.0 Å². The van der Waals surface area contributed by atoms with Gasteiger partial charge in [-0.25, -0.2) is 4.79 Å². The fraction of sp³-hybridized carbons (Fsp3) is 0.0588. The van der Waals surface area contributed by atoms with Crippen molar-refractivity contribution in [3.05, 3.63) is 64.3 Å². The Morgan fingerprint density at radius 3 is 2.77 bits per heavy atom. The van der Waals surface area contributed by atoms with Gasteiger partial charge in [0.2, 0.25) is 5.95 Å². The minimum Gasteiger partial charge on any atom is -0.465 e. The number of anilines is 4. The van der Waals surface area contributed by atoms with Crippen molar-refractivity contribution in [1.29, 1.82) is 0 Å². The largest absolute Gasteiger partial charge is 0.465 e. The number of methoxy groups -OCH3 is 1. The van der Waals surface area contributed by atoms with Crippen LogP contribution < -0.4 is 10.6 Å². The van der Waals surface area contributed by atoms with Crippen LogP contribution in [0.5, 0.6) is 0 Å². The molecule has 1 aromatic heterocycles. The fourth-order valence-electron chi connectivity index (χ4n) is 2.12. The number of esters is 1.